The van der Waals surface area contributed by atoms with Crippen LogP contribution in [-0.2, 0) is 9.16 Å². The number of ether oxygens (including phenoxy) is 1. The van der Waals surface area contributed by atoms with Crippen LogP contribution < -0.4 is 4.98 Å². The maximum absolute atomic E-state index is 5.67. The van der Waals surface area contributed by atoms with E-state index in [0.717, 1.165) is 25.8 Å². The van der Waals surface area contributed by atoms with Crippen LogP contribution in [0.1, 0.15) is 34.6 Å². The molecule has 1 unspecified atom stereocenters. The van der Waals surface area contributed by atoms with E-state index in [-0.39, 0.29) is 5.60 Å². The monoisotopic (exact) mass is 219 g/mol. The molecule has 0 aromatic rings. The summed E-state index contributed by atoms with van der Waals surface area (Å²) in [6.45, 7) is 13.0. The normalized spacial score (nSPS) is 14.4. The van der Waals surface area contributed by atoms with E-state index in [4.69, 9.17) is 9.16 Å². The molecule has 0 aliphatic rings. The van der Waals surface area contributed by atoms with Crippen molar-refractivity contribution in [2.75, 3.05) is 19.8 Å². The third kappa shape index (κ3) is 8.68. The molecule has 14 heavy (non-hydrogen) atoms. The van der Waals surface area contributed by atoms with Gasteiger partial charge in [0.25, 0.3) is 9.20 Å². The number of rotatable bonds is 7. The molecular weight excluding hydrogens is 194 g/mol. The first-order chi connectivity index (χ1) is 6.49. The van der Waals surface area contributed by atoms with Gasteiger partial charge in [0.05, 0.1) is 5.60 Å². The Hall–Kier alpha value is 0.0969. The van der Waals surface area contributed by atoms with E-state index in [1.165, 1.54) is 0 Å². The van der Waals surface area contributed by atoms with Gasteiger partial charge in [0.2, 0.25) is 0 Å². The van der Waals surface area contributed by atoms with Crippen molar-refractivity contribution in [3.63, 3.8) is 0 Å². The van der Waals surface area contributed by atoms with Crippen molar-refractivity contribution >= 4 is 9.20 Å². The fourth-order valence-electron chi connectivity index (χ4n) is 1.15. The predicted molar refractivity (Wildman–Crippen MR) is 63.0 cm³/mol. The SMILES string of the molecule is CCN[SiH](CCOC(C)(C)C)OCC. The molecule has 0 fully saturated rings. The maximum Gasteiger partial charge on any atom is 0.254 e. The van der Waals surface area contributed by atoms with Gasteiger partial charge in [-0.15, -0.1) is 0 Å². The lowest BCUT2D eigenvalue weighted by Gasteiger charge is -2.21. The molecule has 0 amide bonds. The maximum atomic E-state index is 5.67. The van der Waals surface area contributed by atoms with Gasteiger partial charge in [-0.3, -0.25) is 0 Å². The summed E-state index contributed by atoms with van der Waals surface area (Å²) in [5.74, 6) is 0. The highest BCUT2D eigenvalue weighted by Crippen LogP contribution is 2.07. The topological polar surface area (TPSA) is 30.5 Å². The Labute approximate surface area is 90.0 Å². The first kappa shape index (κ1) is 14.1. The second-order valence-electron chi connectivity index (χ2n) is 4.25. The Morgan fingerprint density at radius 1 is 1.21 bits per heavy atom. The molecule has 0 bridgehead atoms. The molecule has 1 atom stereocenters. The van der Waals surface area contributed by atoms with Crippen LogP contribution in [0.5, 0.6) is 0 Å². The molecule has 0 aromatic carbocycles. The van der Waals surface area contributed by atoms with Crippen molar-refractivity contribution in [1.82, 2.24) is 4.98 Å². The highest BCUT2D eigenvalue weighted by molar-refractivity contribution is 6.48. The molecule has 0 aromatic heterocycles. The van der Waals surface area contributed by atoms with Gasteiger partial charge in [-0.25, -0.2) is 0 Å². The quantitative estimate of drug-likeness (QED) is 0.661. The first-order valence-corrected chi connectivity index (χ1v) is 7.35. The molecule has 0 spiro atoms. The Kier molecular flexibility index (Phi) is 7.45. The lowest BCUT2D eigenvalue weighted by atomic mass is 10.2. The highest BCUT2D eigenvalue weighted by atomic mass is 28.3. The molecule has 86 valence electrons. The lowest BCUT2D eigenvalue weighted by Crippen LogP contribution is -2.38. The molecule has 0 radical (unpaired) electrons. The number of hydrogen-bond acceptors (Lipinski definition) is 3. The first-order valence-electron chi connectivity index (χ1n) is 5.48. The summed E-state index contributed by atoms with van der Waals surface area (Å²) in [5, 5.41) is 0. The molecule has 0 aliphatic carbocycles. The van der Waals surface area contributed by atoms with Crippen molar-refractivity contribution in [2.24, 2.45) is 0 Å². The van der Waals surface area contributed by atoms with Gasteiger partial charge < -0.3 is 14.1 Å². The number of hydrogen-bond donors (Lipinski definition) is 1. The van der Waals surface area contributed by atoms with Crippen LogP contribution in [0.25, 0.3) is 0 Å². The second-order valence-corrected chi connectivity index (χ2v) is 6.55. The van der Waals surface area contributed by atoms with Crippen LogP contribution >= 0.6 is 0 Å². The van der Waals surface area contributed by atoms with Crippen LogP contribution in [-0.4, -0.2) is 34.6 Å². The lowest BCUT2D eigenvalue weighted by molar-refractivity contribution is 0.00399. The van der Waals surface area contributed by atoms with Crippen LogP contribution in [0.2, 0.25) is 6.04 Å². The van der Waals surface area contributed by atoms with Gasteiger partial charge in [0.15, 0.2) is 0 Å². The zero-order chi connectivity index (χ0) is 11.0. The summed E-state index contributed by atoms with van der Waals surface area (Å²) in [4.78, 5) is 3.41. The van der Waals surface area contributed by atoms with Gasteiger partial charge in [-0.05, 0) is 34.2 Å². The molecular formula is C10H25NO2Si. The third-order valence-electron chi connectivity index (χ3n) is 1.71. The minimum atomic E-state index is -1.20. The van der Waals surface area contributed by atoms with Gasteiger partial charge in [0.1, 0.15) is 0 Å². The van der Waals surface area contributed by atoms with Crippen molar-refractivity contribution < 1.29 is 9.16 Å². The zero-order valence-electron chi connectivity index (χ0n) is 10.2. The summed E-state index contributed by atoms with van der Waals surface area (Å²) in [6, 6.07) is 1.04. The fourth-order valence-corrected chi connectivity index (χ4v) is 2.82. The molecule has 0 rings (SSSR count). The van der Waals surface area contributed by atoms with E-state index in [1.807, 2.05) is 6.92 Å². The van der Waals surface area contributed by atoms with Crippen LogP contribution in [0.15, 0.2) is 0 Å². The molecule has 4 heteroatoms. The summed E-state index contributed by atoms with van der Waals surface area (Å²) < 4.78 is 11.3. The fraction of sp³-hybridized carbons (Fsp3) is 1.00. The van der Waals surface area contributed by atoms with Gasteiger partial charge in [0, 0.05) is 19.3 Å². The molecule has 0 saturated heterocycles. The minimum Gasteiger partial charge on any atom is -0.406 e. The minimum absolute atomic E-state index is 0.0304. The smallest absolute Gasteiger partial charge is 0.254 e. The third-order valence-corrected chi connectivity index (χ3v) is 4.07. The Balaban J connectivity index is 3.60. The summed E-state index contributed by atoms with van der Waals surface area (Å²) in [6.07, 6.45) is 0. The molecule has 0 aliphatic heterocycles. The standard InChI is InChI=1S/C10H25NO2Si/c1-6-11-14(13-7-2)9-8-12-10(3,4)5/h11,14H,6-9H2,1-5H3. The van der Waals surface area contributed by atoms with E-state index in [9.17, 15) is 0 Å². The summed E-state index contributed by atoms with van der Waals surface area (Å²) >= 11 is 0. The molecule has 0 heterocycles. The summed E-state index contributed by atoms with van der Waals surface area (Å²) in [5.41, 5.74) is -0.0304. The van der Waals surface area contributed by atoms with Gasteiger partial charge in [-0.1, -0.05) is 6.92 Å². The number of nitrogens with one attached hydrogen (secondary N) is 1. The van der Waals surface area contributed by atoms with Crippen molar-refractivity contribution in [3.05, 3.63) is 0 Å². The molecule has 0 saturated carbocycles. The van der Waals surface area contributed by atoms with Crippen LogP contribution in [0.3, 0.4) is 0 Å². The van der Waals surface area contributed by atoms with Crippen LogP contribution in [0, 0.1) is 0 Å². The largest absolute Gasteiger partial charge is 0.406 e. The zero-order valence-corrected chi connectivity index (χ0v) is 11.4. The van der Waals surface area contributed by atoms with E-state index in [1.54, 1.807) is 0 Å². The van der Waals surface area contributed by atoms with E-state index in [2.05, 4.69) is 32.7 Å². The van der Waals surface area contributed by atoms with Crippen molar-refractivity contribution in [2.45, 2.75) is 46.3 Å². The molecule has 1 N–H and O–H groups in total. The average Bonchev–Trinajstić information content (AvgIpc) is 2.02. The molecule has 3 nitrogen and oxygen atoms in total. The second kappa shape index (κ2) is 7.40. The predicted octanol–water partition coefficient (Wildman–Crippen LogP) is 1.67. The van der Waals surface area contributed by atoms with Crippen LogP contribution in [0.4, 0.5) is 0 Å². The van der Waals surface area contributed by atoms with E-state index < -0.39 is 9.20 Å². The van der Waals surface area contributed by atoms with Crippen molar-refractivity contribution in [3.8, 4) is 0 Å². The summed E-state index contributed by atoms with van der Waals surface area (Å²) in [7, 11) is -1.20. The van der Waals surface area contributed by atoms with Crippen molar-refractivity contribution in [1.29, 1.82) is 0 Å². The average molecular weight is 219 g/mol. The van der Waals surface area contributed by atoms with Gasteiger partial charge >= 0.3 is 0 Å². The Bertz CT molecular complexity index is 131. The Morgan fingerprint density at radius 3 is 2.29 bits per heavy atom. The highest BCUT2D eigenvalue weighted by Gasteiger charge is 2.14. The Morgan fingerprint density at radius 2 is 1.86 bits per heavy atom. The van der Waals surface area contributed by atoms with E-state index >= 15 is 0 Å². The van der Waals surface area contributed by atoms with E-state index in [0.29, 0.717) is 0 Å². The van der Waals surface area contributed by atoms with Gasteiger partial charge in [-0.2, -0.15) is 0 Å².